The van der Waals surface area contributed by atoms with E-state index in [1.54, 1.807) is 26.2 Å². The summed E-state index contributed by atoms with van der Waals surface area (Å²) in [5.41, 5.74) is 0.905. The van der Waals surface area contributed by atoms with E-state index in [4.69, 9.17) is 0 Å². The first kappa shape index (κ1) is 14.5. The van der Waals surface area contributed by atoms with E-state index in [1.807, 2.05) is 19.2 Å². The Morgan fingerprint density at radius 1 is 1.32 bits per heavy atom. The molecule has 1 aromatic rings. The summed E-state index contributed by atoms with van der Waals surface area (Å²) in [6.45, 7) is 0. The number of nitrogens with one attached hydrogen (secondary N) is 1. The van der Waals surface area contributed by atoms with Gasteiger partial charge in [0.2, 0.25) is 10.0 Å². The highest BCUT2D eigenvalue weighted by molar-refractivity contribution is 7.89. The summed E-state index contributed by atoms with van der Waals surface area (Å²) in [6.07, 6.45) is 3.26. The van der Waals surface area contributed by atoms with Gasteiger partial charge in [-0.1, -0.05) is 18.2 Å². The first-order valence-corrected chi connectivity index (χ1v) is 8.08. The smallest absolute Gasteiger partial charge is 0.242 e. The van der Waals surface area contributed by atoms with Gasteiger partial charge >= 0.3 is 0 Å². The Balaban J connectivity index is 2.30. The van der Waals surface area contributed by atoms with E-state index in [0.29, 0.717) is 16.9 Å². The first-order chi connectivity index (χ1) is 8.96. The van der Waals surface area contributed by atoms with Crippen molar-refractivity contribution in [1.29, 1.82) is 0 Å². The second-order valence-corrected chi connectivity index (χ2v) is 7.45. The first-order valence-electron chi connectivity index (χ1n) is 6.64. The van der Waals surface area contributed by atoms with Crippen molar-refractivity contribution in [2.24, 2.45) is 5.92 Å². The van der Waals surface area contributed by atoms with Crippen molar-refractivity contribution in [3.63, 3.8) is 0 Å². The number of benzene rings is 1. The minimum atomic E-state index is -3.36. The molecule has 1 aliphatic rings. The van der Waals surface area contributed by atoms with Crippen LogP contribution in [0, 0.1) is 5.92 Å². The average molecular weight is 282 g/mol. The SMILES string of the molecule is CNC(Cc1ccccc1S(=O)(=O)N(C)C)C1CC1. The molecule has 0 aliphatic heterocycles. The van der Waals surface area contributed by atoms with Crippen LogP contribution in [0.5, 0.6) is 0 Å². The van der Waals surface area contributed by atoms with Gasteiger partial charge in [0.15, 0.2) is 0 Å². The van der Waals surface area contributed by atoms with Crippen molar-refractivity contribution in [2.75, 3.05) is 21.1 Å². The van der Waals surface area contributed by atoms with Gasteiger partial charge in [-0.2, -0.15) is 0 Å². The molecule has 5 heteroatoms. The summed E-state index contributed by atoms with van der Waals surface area (Å²) in [6, 6.07) is 7.68. The molecule has 1 aromatic carbocycles. The number of rotatable bonds is 6. The predicted octanol–water partition coefficient (Wildman–Crippen LogP) is 1.48. The molecule has 0 spiro atoms. The lowest BCUT2D eigenvalue weighted by Crippen LogP contribution is -2.31. The monoisotopic (exact) mass is 282 g/mol. The standard InChI is InChI=1S/C14H22N2O2S/c1-15-13(11-8-9-11)10-12-6-4-5-7-14(12)19(17,18)16(2)3/h4-7,11,13,15H,8-10H2,1-3H3. The largest absolute Gasteiger partial charge is 0.316 e. The van der Waals surface area contributed by atoms with Crippen molar-refractivity contribution in [3.8, 4) is 0 Å². The van der Waals surface area contributed by atoms with Crippen LogP contribution in [0.4, 0.5) is 0 Å². The van der Waals surface area contributed by atoms with Gasteiger partial charge in [-0.3, -0.25) is 0 Å². The average Bonchev–Trinajstić information content (AvgIpc) is 3.20. The predicted molar refractivity (Wildman–Crippen MR) is 76.6 cm³/mol. The fraction of sp³-hybridized carbons (Fsp3) is 0.571. The Morgan fingerprint density at radius 2 is 1.95 bits per heavy atom. The van der Waals surface area contributed by atoms with Gasteiger partial charge in [-0.15, -0.1) is 0 Å². The Morgan fingerprint density at radius 3 is 2.47 bits per heavy atom. The molecule has 1 atom stereocenters. The molecule has 0 radical (unpaired) electrons. The molecule has 4 nitrogen and oxygen atoms in total. The van der Waals surface area contributed by atoms with Gasteiger partial charge in [-0.05, 0) is 43.9 Å². The summed E-state index contributed by atoms with van der Waals surface area (Å²) >= 11 is 0. The van der Waals surface area contributed by atoms with Crippen LogP contribution in [0.1, 0.15) is 18.4 Å². The lowest BCUT2D eigenvalue weighted by Gasteiger charge is -2.19. The fourth-order valence-electron chi connectivity index (χ4n) is 2.36. The van der Waals surface area contributed by atoms with E-state index in [1.165, 1.54) is 17.1 Å². The molecular weight excluding hydrogens is 260 g/mol. The second kappa shape index (κ2) is 5.61. The summed E-state index contributed by atoms with van der Waals surface area (Å²) < 4.78 is 25.9. The van der Waals surface area contributed by atoms with Crippen molar-refractivity contribution in [3.05, 3.63) is 29.8 Å². The lowest BCUT2D eigenvalue weighted by molar-refractivity contribution is 0.492. The van der Waals surface area contributed by atoms with Gasteiger partial charge in [0.1, 0.15) is 0 Å². The number of hydrogen-bond donors (Lipinski definition) is 1. The van der Waals surface area contributed by atoms with Crippen LogP contribution in [0.15, 0.2) is 29.2 Å². The van der Waals surface area contributed by atoms with E-state index in [-0.39, 0.29) is 0 Å². The van der Waals surface area contributed by atoms with Gasteiger partial charge < -0.3 is 5.32 Å². The molecule has 0 bridgehead atoms. The summed E-state index contributed by atoms with van der Waals surface area (Å²) in [5, 5.41) is 3.31. The Kier molecular flexibility index (Phi) is 4.28. The lowest BCUT2D eigenvalue weighted by atomic mass is 10.0. The molecule has 1 N–H and O–H groups in total. The zero-order valence-electron chi connectivity index (χ0n) is 11.8. The van der Waals surface area contributed by atoms with Crippen molar-refractivity contribution in [1.82, 2.24) is 9.62 Å². The molecular formula is C14H22N2O2S. The highest BCUT2D eigenvalue weighted by Gasteiger charge is 2.31. The van der Waals surface area contributed by atoms with E-state index in [2.05, 4.69) is 5.32 Å². The topological polar surface area (TPSA) is 49.4 Å². The van der Waals surface area contributed by atoms with Crippen LogP contribution in [0.2, 0.25) is 0 Å². The molecule has 0 saturated heterocycles. The number of nitrogens with zero attached hydrogens (tertiary/aromatic N) is 1. The van der Waals surface area contributed by atoms with Gasteiger partial charge in [0, 0.05) is 20.1 Å². The molecule has 1 aliphatic carbocycles. The van der Waals surface area contributed by atoms with Crippen molar-refractivity contribution >= 4 is 10.0 Å². The van der Waals surface area contributed by atoms with Crippen molar-refractivity contribution < 1.29 is 8.42 Å². The van der Waals surface area contributed by atoms with Crippen LogP contribution >= 0.6 is 0 Å². The third-order valence-electron chi connectivity index (χ3n) is 3.73. The third kappa shape index (κ3) is 3.16. The minimum absolute atomic E-state index is 0.374. The molecule has 1 fully saturated rings. The normalized spacial score (nSPS) is 17.7. The zero-order valence-corrected chi connectivity index (χ0v) is 12.6. The second-order valence-electron chi connectivity index (χ2n) is 5.33. The fourth-order valence-corrected chi connectivity index (χ4v) is 3.49. The van der Waals surface area contributed by atoms with Gasteiger partial charge in [0.25, 0.3) is 0 Å². The maximum absolute atomic E-state index is 12.3. The molecule has 2 rings (SSSR count). The molecule has 106 valence electrons. The Labute approximate surface area is 115 Å². The van der Waals surface area contributed by atoms with Crippen molar-refractivity contribution in [2.45, 2.75) is 30.2 Å². The maximum Gasteiger partial charge on any atom is 0.242 e. The number of likely N-dealkylation sites (N-methyl/N-ethyl adjacent to an activating group) is 1. The highest BCUT2D eigenvalue weighted by Crippen LogP contribution is 2.34. The highest BCUT2D eigenvalue weighted by atomic mass is 32.2. The summed E-state index contributed by atoms with van der Waals surface area (Å²) in [7, 11) is 1.73. The minimum Gasteiger partial charge on any atom is -0.316 e. The maximum atomic E-state index is 12.3. The molecule has 0 aromatic heterocycles. The Hall–Kier alpha value is -0.910. The molecule has 0 amide bonds. The van der Waals surface area contributed by atoms with Crippen LogP contribution in [0.3, 0.4) is 0 Å². The molecule has 0 heterocycles. The number of sulfonamides is 1. The zero-order chi connectivity index (χ0) is 14.0. The molecule has 1 saturated carbocycles. The van der Waals surface area contributed by atoms with E-state index < -0.39 is 10.0 Å². The quantitative estimate of drug-likeness (QED) is 0.860. The van der Waals surface area contributed by atoms with Crippen LogP contribution in [0.25, 0.3) is 0 Å². The van der Waals surface area contributed by atoms with E-state index in [9.17, 15) is 8.42 Å². The Bertz CT molecular complexity index is 536. The molecule has 19 heavy (non-hydrogen) atoms. The van der Waals surface area contributed by atoms with E-state index >= 15 is 0 Å². The summed E-state index contributed by atoms with van der Waals surface area (Å²) in [5.74, 6) is 0.695. The van der Waals surface area contributed by atoms with Crippen LogP contribution in [-0.4, -0.2) is 39.9 Å². The van der Waals surface area contributed by atoms with Gasteiger partial charge in [-0.25, -0.2) is 12.7 Å². The van der Waals surface area contributed by atoms with Gasteiger partial charge in [0.05, 0.1) is 4.90 Å². The summed E-state index contributed by atoms with van der Waals surface area (Å²) in [4.78, 5) is 0.431. The number of hydrogen-bond acceptors (Lipinski definition) is 3. The molecule has 1 unspecified atom stereocenters. The van der Waals surface area contributed by atoms with Crippen LogP contribution < -0.4 is 5.32 Å². The third-order valence-corrected chi connectivity index (χ3v) is 5.65. The van der Waals surface area contributed by atoms with Crippen LogP contribution in [-0.2, 0) is 16.4 Å². The van der Waals surface area contributed by atoms with E-state index in [0.717, 1.165) is 12.0 Å².